The lowest BCUT2D eigenvalue weighted by atomic mass is 10.1. The number of rotatable bonds is 6. The minimum absolute atomic E-state index is 0.0175. The molecule has 0 atom stereocenters. The van der Waals surface area contributed by atoms with Crippen LogP contribution < -0.4 is 0 Å². The van der Waals surface area contributed by atoms with Gasteiger partial charge < -0.3 is 9.47 Å². The second-order valence-electron chi connectivity index (χ2n) is 3.21. The SMILES string of the molecule is COC(=O)C(C/C=C/CC(C)=O)C(=O)OC. The van der Waals surface area contributed by atoms with Crippen LogP contribution in [0.3, 0.4) is 0 Å². The number of ether oxygens (including phenoxy) is 2. The van der Waals surface area contributed by atoms with Crippen molar-refractivity contribution in [3.63, 3.8) is 0 Å². The van der Waals surface area contributed by atoms with E-state index in [-0.39, 0.29) is 18.6 Å². The number of Topliss-reactive ketones (excluding diaryl/α,β-unsaturated/α-hetero) is 1. The van der Waals surface area contributed by atoms with Crippen LogP contribution in [0.1, 0.15) is 19.8 Å². The fourth-order valence-corrected chi connectivity index (χ4v) is 1.05. The molecule has 0 bridgehead atoms. The van der Waals surface area contributed by atoms with Crippen molar-refractivity contribution in [2.24, 2.45) is 5.92 Å². The predicted molar refractivity (Wildman–Crippen MR) is 56.6 cm³/mol. The summed E-state index contributed by atoms with van der Waals surface area (Å²) in [5, 5.41) is 0. The van der Waals surface area contributed by atoms with Crippen LogP contribution in [0.15, 0.2) is 12.2 Å². The molecule has 90 valence electrons. The first-order chi connectivity index (χ1) is 7.52. The third-order valence-corrected chi connectivity index (χ3v) is 1.92. The molecule has 0 N–H and O–H groups in total. The van der Waals surface area contributed by atoms with Crippen LogP contribution in [0.4, 0.5) is 0 Å². The maximum absolute atomic E-state index is 11.2. The predicted octanol–water partition coefficient (Wildman–Crippen LogP) is 0.874. The first-order valence-corrected chi connectivity index (χ1v) is 4.83. The number of hydrogen-bond acceptors (Lipinski definition) is 5. The maximum Gasteiger partial charge on any atom is 0.320 e. The topological polar surface area (TPSA) is 69.7 Å². The zero-order valence-corrected chi connectivity index (χ0v) is 9.69. The molecule has 0 fully saturated rings. The number of allylic oxidation sites excluding steroid dienone is 2. The summed E-state index contributed by atoms with van der Waals surface area (Å²) >= 11 is 0. The van der Waals surface area contributed by atoms with Crippen molar-refractivity contribution in [3.05, 3.63) is 12.2 Å². The lowest BCUT2D eigenvalue weighted by Gasteiger charge is -2.09. The van der Waals surface area contributed by atoms with E-state index in [0.29, 0.717) is 0 Å². The van der Waals surface area contributed by atoms with Gasteiger partial charge >= 0.3 is 11.9 Å². The summed E-state index contributed by atoms with van der Waals surface area (Å²) in [4.78, 5) is 33.1. The van der Waals surface area contributed by atoms with Gasteiger partial charge in [0, 0.05) is 6.42 Å². The van der Waals surface area contributed by atoms with E-state index in [9.17, 15) is 14.4 Å². The fraction of sp³-hybridized carbons (Fsp3) is 0.545. The quantitative estimate of drug-likeness (QED) is 0.383. The summed E-state index contributed by atoms with van der Waals surface area (Å²) in [5.74, 6) is -2.22. The minimum atomic E-state index is -0.960. The Labute approximate surface area is 94.4 Å². The average Bonchev–Trinajstić information content (AvgIpc) is 2.27. The number of esters is 2. The van der Waals surface area contributed by atoms with Gasteiger partial charge in [0.05, 0.1) is 14.2 Å². The van der Waals surface area contributed by atoms with E-state index in [0.717, 1.165) is 0 Å². The molecule has 0 rings (SSSR count). The van der Waals surface area contributed by atoms with Crippen LogP contribution in [0.5, 0.6) is 0 Å². The normalized spacial score (nSPS) is 10.5. The van der Waals surface area contributed by atoms with Crippen LogP contribution in [0.2, 0.25) is 0 Å². The van der Waals surface area contributed by atoms with Gasteiger partial charge in [0.2, 0.25) is 0 Å². The number of carbonyl (C=O) groups is 3. The van der Waals surface area contributed by atoms with E-state index in [4.69, 9.17) is 0 Å². The Morgan fingerprint density at radius 2 is 1.56 bits per heavy atom. The monoisotopic (exact) mass is 228 g/mol. The highest BCUT2D eigenvalue weighted by Crippen LogP contribution is 2.09. The molecule has 0 radical (unpaired) electrons. The number of methoxy groups -OCH3 is 2. The largest absolute Gasteiger partial charge is 0.468 e. The summed E-state index contributed by atoms with van der Waals surface area (Å²) < 4.78 is 8.95. The van der Waals surface area contributed by atoms with Crippen molar-refractivity contribution < 1.29 is 23.9 Å². The number of carbonyl (C=O) groups excluding carboxylic acids is 3. The molecule has 5 heteroatoms. The number of hydrogen-bond donors (Lipinski definition) is 0. The Morgan fingerprint density at radius 3 is 1.94 bits per heavy atom. The standard InChI is InChI=1S/C11H16O5/c1-8(12)6-4-5-7-9(10(13)15-2)11(14)16-3/h4-5,9H,6-7H2,1-3H3/b5-4+. The molecular formula is C11H16O5. The third kappa shape index (κ3) is 5.29. The first kappa shape index (κ1) is 14.3. The third-order valence-electron chi connectivity index (χ3n) is 1.92. The Balaban J connectivity index is 4.33. The summed E-state index contributed by atoms with van der Waals surface area (Å²) in [6.07, 6.45) is 3.67. The molecule has 0 heterocycles. The maximum atomic E-state index is 11.2. The van der Waals surface area contributed by atoms with Gasteiger partial charge in [-0.3, -0.25) is 14.4 Å². The van der Waals surface area contributed by atoms with Crippen LogP contribution in [-0.2, 0) is 23.9 Å². The summed E-state index contributed by atoms with van der Waals surface area (Å²) in [6, 6.07) is 0. The molecule has 0 saturated carbocycles. The van der Waals surface area contributed by atoms with E-state index < -0.39 is 17.9 Å². The summed E-state index contributed by atoms with van der Waals surface area (Å²) in [5.41, 5.74) is 0. The Bertz CT molecular complexity index is 277. The van der Waals surface area contributed by atoms with E-state index in [2.05, 4.69) is 9.47 Å². The zero-order valence-electron chi connectivity index (χ0n) is 9.69. The molecule has 0 aromatic carbocycles. The van der Waals surface area contributed by atoms with Gasteiger partial charge in [-0.15, -0.1) is 0 Å². The van der Waals surface area contributed by atoms with Crippen LogP contribution in [0, 0.1) is 5.92 Å². The molecule has 0 aromatic rings. The van der Waals surface area contributed by atoms with Gasteiger partial charge in [-0.2, -0.15) is 0 Å². The van der Waals surface area contributed by atoms with Gasteiger partial charge in [0.1, 0.15) is 5.78 Å². The molecule has 0 aromatic heterocycles. The highest BCUT2D eigenvalue weighted by Gasteiger charge is 2.26. The average molecular weight is 228 g/mol. The summed E-state index contributed by atoms with van der Waals surface area (Å²) in [6.45, 7) is 1.46. The summed E-state index contributed by atoms with van der Waals surface area (Å²) in [7, 11) is 2.41. The highest BCUT2D eigenvalue weighted by atomic mass is 16.5. The fourth-order valence-electron chi connectivity index (χ4n) is 1.05. The molecular weight excluding hydrogens is 212 g/mol. The lowest BCUT2D eigenvalue weighted by molar-refractivity contribution is -0.158. The molecule has 0 saturated heterocycles. The van der Waals surface area contributed by atoms with E-state index >= 15 is 0 Å². The van der Waals surface area contributed by atoms with E-state index in [1.165, 1.54) is 21.1 Å². The second kappa shape index (κ2) is 7.62. The molecule has 0 amide bonds. The van der Waals surface area contributed by atoms with Crippen molar-refractivity contribution >= 4 is 17.7 Å². The first-order valence-electron chi connectivity index (χ1n) is 4.83. The Hall–Kier alpha value is -1.65. The molecule has 16 heavy (non-hydrogen) atoms. The molecule has 0 unspecified atom stereocenters. The van der Waals surface area contributed by atoms with Gasteiger partial charge in [0.25, 0.3) is 0 Å². The van der Waals surface area contributed by atoms with Crippen molar-refractivity contribution in [2.75, 3.05) is 14.2 Å². The molecule has 0 aliphatic carbocycles. The molecule has 0 spiro atoms. The molecule has 0 aliphatic heterocycles. The molecule has 5 nitrogen and oxygen atoms in total. The van der Waals surface area contributed by atoms with Crippen molar-refractivity contribution in [1.29, 1.82) is 0 Å². The number of ketones is 1. The Morgan fingerprint density at radius 1 is 1.06 bits per heavy atom. The van der Waals surface area contributed by atoms with Crippen molar-refractivity contribution in [3.8, 4) is 0 Å². The van der Waals surface area contributed by atoms with Crippen LogP contribution in [-0.4, -0.2) is 31.9 Å². The van der Waals surface area contributed by atoms with Gasteiger partial charge in [-0.1, -0.05) is 12.2 Å². The van der Waals surface area contributed by atoms with Crippen molar-refractivity contribution in [2.45, 2.75) is 19.8 Å². The highest BCUT2D eigenvalue weighted by molar-refractivity contribution is 5.94. The van der Waals surface area contributed by atoms with Crippen molar-refractivity contribution in [1.82, 2.24) is 0 Å². The van der Waals surface area contributed by atoms with Crippen LogP contribution >= 0.6 is 0 Å². The minimum Gasteiger partial charge on any atom is -0.468 e. The van der Waals surface area contributed by atoms with E-state index in [1.54, 1.807) is 12.2 Å². The molecule has 0 aliphatic rings. The lowest BCUT2D eigenvalue weighted by Crippen LogP contribution is -2.25. The Kier molecular flexibility index (Phi) is 6.83. The van der Waals surface area contributed by atoms with Gasteiger partial charge in [-0.25, -0.2) is 0 Å². The van der Waals surface area contributed by atoms with Gasteiger partial charge in [-0.05, 0) is 13.3 Å². The van der Waals surface area contributed by atoms with E-state index in [1.807, 2.05) is 0 Å². The zero-order chi connectivity index (χ0) is 12.6. The van der Waals surface area contributed by atoms with Gasteiger partial charge in [0.15, 0.2) is 5.92 Å². The van der Waals surface area contributed by atoms with Crippen LogP contribution in [0.25, 0.3) is 0 Å². The smallest absolute Gasteiger partial charge is 0.320 e. The second-order valence-corrected chi connectivity index (χ2v) is 3.21.